The summed E-state index contributed by atoms with van der Waals surface area (Å²) in [6, 6.07) is 0. The first-order valence-corrected chi connectivity index (χ1v) is 5.55. The molecule has 1 amide bonds. The summed E-state index contributed by atoms with van der Waals surface area (Å²) in [5.41, 5.74) is 0.0127. The molecule has 92 valence electrons. The number of rotatable bonds is 4. The summed E-state index contributed by atoms with van der Waals surface area (Å²) in [5.74, 6) is -1.13. The molecule has 16 heavy (non-hydrogen) atoms. The average Bonchev–Trinajstić information content (AvgIpc) is 1.97. The van der Waals surface area contributed by atoms with Crippen molar-refractivity contribution in [2.24, 2.45) is 5.92 Å². The van der Waals surface area contributed by atoms with Crippen molar-refractivity contribution in [1.82, 2.24) is 10.2 Å². The predicted molar refractivity (Wildman–Crippen MR) is 60.1 cm³/mol. The zero-order valence-electron chi connectivity index (χ0n) is 10.1. The Morgan fingerprint density at radius 2 is 1.94 bits per heavy atom. The highest BCUT2D eigenvalue weighted by atomic mass is 16.4. The minimum absolute atomic E-state index is 0.0127. The predicted octanol–water partition coefficient (Wildman–Crippen LogP) is 0.308. The van der Waals surface area contributed by atoms with E-state index >= 15 is 0 Å². The minimum atomic E-state index is -0.808. The van der Waals surface area contributed by atoms with E-state index in [9.17, 15) is 9.59 Å². The second-order valence-corrected chi connectivity index (χ2v) is 5.26. The summed E-state index contributed by atoms with van der Waals surface area (Å²) < 4.78 is 0. The second-order valence-electron chi connectivity index (χ2n) is 5.26. The molecule has 5 nitrogen and oxygen atoms in total. The van der Waals surface area contributed by atoms with Crippen molar-refractivity contribution in [1.29, 1.82) is 0 Å². The third kappa shape index (κ3) is 3.81. The number of aliphatic carboxylic acids is 1. The Labute approximate surface area is 95.8 Å². The number of likely N-dealkylation sites (tertiary alicyclic amines) is 1. The van der Waals surface area contributed by atoms with Gasteiger partial charge in [0.1, 0.15) is 0 Å². The number of nitrogens with zero attached hydrogens (tertiary/aromatic N) is 1. The van der Waals surface area contributed by atoms with E-state index in [-0.39, 0.29) is 17.4 Å². The molecule has 1 aliphatic heterocycles. The van der Waals surface area contributed by atoms with Gasteiger partial charge in [0.25, 0.3) is 0 Å². The van der Waals surface area contributed by atoms with Crippen LogP contribution < -0.4 is 5.32 Å². The molecule has 1 aliphatic rings. The van der Waals surface area contributed by atoms with Gasteiger partial charge in [0.15, 0.2) is 0 Å². The number of nitrogens with one attached hydrogen (secondary N) is 1. The van der Waals surface area contributed by atoms with Crippen molar-refractivity contribution in [2.45, 2.75) is 32.7 Å². The average molecular weight is 228 g/mol. The summed E-state index contributed by atoms with van der Waals surface area (Å²) in [6.45, 7) is 7.49. The highest BCUT2D eigenvalue weighted by Crippen LogP contribution is 2.16. The molecule has 2 N–H and O–H groups in total. The van der Waals surface area contributed by atoms with Crippen LogP contribution in [-0.4, -0.2) is 47.1 Å². The highest BCUT2D eigenvalue weighted by molar-refractivity contribution is 5.81. The molecule has 0 spiro atoms. The Morgan fingerprint density at radius 1 is 1.38 bits per heavy atom. The SMILES string of the molecule is CC(C)(C)NCCC(=O)N1CC(C(=O)O)C1. The van der Waals surface area contributed by atoms with Crippen LogP contribution in [0.4, 0.5) is 0 Å². The molecule has 0 radical (unpaired) electrons. The van der Waals surface area contributed by atoms with E-state index in [1.54, 1.807) is 4.90 Å². The van der Waals surface area contributed by atoms with Gasteiger partial charge in [-0.1, -0.05) is 0 Å². The molecule has 0 bridgehead atoms. The topological polar surface area (TPSA) is 69.6 Å². The van der Waals surface area contributed by atoms with Crippen molar-refractivity contribution in [2.75, 3.05) is 19.6 Å². The number of hydrogen-bond acceptors (Lipinski definition) is 3. The second kappa shape index (κ2) is 4.82. The van der Waals surface area contributed by atoms with Crippen LogP contribution in [0.25, 0.3) is 0 Å². The van der Waals surface area contributed by atoms with Crippen molar-refractivity contribution in [3.05, 3.63) is 0 Å². The van der Waals surface area contributed by atoms with Crippen LogP contribution in [-0.2, 0) is 9.59 Å². The molecule has 0 saturated carbocycles. The third-order valence-corrected chi connectivity index (χ3v) is 2.58. The molecule has 0 aromatic carbocycles. The molecular weight excluding hydrogens is 208 g/mol. The summed E-state index contributed by atoms with van der Waals surface area (Å²) in [6.07, 6.45) is 0.434. The van der Waals surface area contributed by atoms with Gasteiger partial charge in [-0.25, -0.2) is 0 Å². The molecule has 0 aliphatic carbocycles. The zero-order valence-corrected chi connectivity index (χ0v) is 10.1. The van der Waals surface area contributed by atoms with E-state index < -0.39 is 5.97 Å². The van der Waals surface area contributed by atoms with Crippen LogP contribution in [0.1, 0.15) is 27.2 Å². The van der Waals surface area contributed by atoms with Gasteiger partial charge in [-0.2, -0.15) is 0 Å². The first kappa shape index (κ1) is 13.0. The number of carbonyl (C=O) groups excluding carboxylic acids is 1. The first-order chi connectivity index (χ1) is 7.29. The van der Waals surface area contributed by atoms with Gasteiger partial charge in [0.05, 0.1) is 5.92 Å². The maximum absolute atomic E-state index is 11.6. The normalized spacial score (nSPS) is 17.1. The summed E-state index contributed by atoms with van der Waals surface area (Å²) in [4.78, 5) is 23.7. The van der Waals surface area contributed by atoms with Gasteiger partial charge < -0.3 is 15.3 Å². The lowest BCUT2D eigenvalue weighted by molar-refractivity contribution is -0.152. The Morgan fingerprint density at radius 3 is 2.38 bits per heavy atom. The van der Waals surface area contributed by atoms with Gasteiger partial charge >= 0.3 is 5.97 Å². The minimum Gasteiger partial charge on any atom is -0.481 e. The lowest BCUT2D eigenvalue weighted by Gasteiger charge is -2.37. The molecule has 0 aromatic rings. The lowest BCUT2D eigenvalue weighted by atomic mass is 10.00. The molecule has 0 atom stereocenters. The molecule has 5 heteroatoms. The first-order valence-electron chi connectivity index (χ1n) is 5.55. The Kier molecular flexibility index (Phi) is 3.91. The van der Waals surface area contributed by atoms with Gasteiger partial charge in [-0.05, 0) is 20.8 Å². The van der Waals surface area contributed by atoms with E-state index in [0.29, 0.717) is 26.1 Å². The van der Waals surface area contributed by atoms with E-state index in [1.807, 2.05) is 20.8 Å². The fourth-order valence-electron chi connectivity index (χ4n) is 1.54. The molecular formula is C11H20N2O3. The van der Waals surface area contributed by atoms with Gasteiger partial charge in [0, 0.05) is 31.6 Å². The van der Waals surface area contributed by atoms with Gasteiger partial charge in [-0.15, -0.1) is 0 Å². The largest absolute Gasteiger partial charge is 0.481 e. The Balaban J connectivity index is 2.16. The quantitative estimate of drug-likeness (QED) is 0.726. The number of hydrogen-bond donors (Lipinski definition) is 2. The summed E-state index contributed by atoms with van der Waals surface area (Å²) in [5, 5.41) is 11.9. The van der Waals surface area contributed by atoms with Crippen LogP contribution in [0.15, 0.2) is 0 Å². The molecule has 1 heterocycles. The lowest BCUT2D eigenvalue weighted by Crippen LogP contribution is -2.53. The van der Waals surface area contributed by atoms with Crippen molar-refractivity contribution >= 4 is 11.9 Å². The maximum Gasteiger partial charge on any atom is 0.310 e. The molecule has 1 saturated heterocycles. The van der Waals surface area contributed by atoms with Crippen LogP contribution in [0.5, 0.6) is 0 Å². The van der Waals surface area contributed by atoms with Crippen LogP contribution >= 0.6 is 0 Å². The van der Waals surface area contributed by atoms with Crippen LogP contribution in [0, 0.1) is 5.92 Å². The van der Waals surface area contributed by atoms with Crippen LogP contribution in [0.3, 0.4) is 0 Å². The van der Waals surface area contributed by atoms with E-state index in [1.165, 1.54) is 0 Å². The van der Waals surface area contributed by atoms with E-state index in [4.69, 9.17) is 5.11 Å². The van der Waals surface area contributed by atoms with Crippen molar-refractivity contribution < 1.29 is 14.7 Å². The summed E-state index contributed by atoms with van der Waals surface area (Å²) >= 11 is 0. The molecule has 0 aromatic heterocycles. The monoisotopic (exact) mass is 228 g/mol. The fourth-order valence-corrected chi connectivity index (χ4v) is 1.54. The fraction of sp³-hybridized carbons (Fsp3) is 0.818. The van der Waals surface area contributed by atoms with Gasteiger partial charge in [-0.3, -0.25) is 9.59 Å². The zero-order chi connectivity index (χ0) is 12.3. The molecule has 1 rings (SSSR count). The van der Waals surface area contributed by atoms with E-state index in [0.717, 1.165) is 0 Å². The highest BCUT2D eigenvalue weighted by Gasteiger charge is 2.35. The third-order valence-electron chi connectivity index (χ3n) is 2.58. The maximum atomic E-state index is 11.6. The number of carboxylic acids is 1. The Hall–Kier alpha value is -1.10. The number of carboxylic acid groups (broad SMARTS) is 1. The molecule has 0 unspecified atom stereocenters. The number of amides is 1. The van der Waals surface area contributed by atoms with E-state index in [2.05, 4.69) is 5.32 Å². The Bertz CT molecular complexity index is 277. The summed E-state index contributed by atoms with van der Waals surface area (Å²) in [7, 11) is 0. The standard InChI is InChI=1S/C11H20N2O3/c1-11(2,3)12-5-4-9(14)13-6-8(7-13)10(15)16/h8,12H,4-7H2,1-3H3,(H,15,16). The number of carbonyl (C=O) groups is 2. The van der Waals surface area contributed by atoms with Gasteiger partial charge in [0.2, 0.25) is 5.91 Å². The smallest absolute Gasteiger partial charge is 0.310 e. The van der Waals surface area contributed by atoms with Crippen molar-refractivity contribution in [3.8, 4) is 0 Å². The van der Waals surface area contributed by atoms with Crippen molar-refractivity contribution in [3.63, 3.8) is 0 Å². The van der Waals surface area contributed by atoms with Crippen LogP contribution in [0.2, 0.25) is 0 Å². The molecule has 1 fully saturated rings.